The number of hydrogen-bond acceptors (Lipinski definition) is 4. The molecular formula is C24H33N3O. The van der Waals surface area contributed by atoms with E-state index in [1.54, 1.807) is 0 Å². The minimum Gasteiger partial charge on any atom is -0.494 e. The van der Waals surface area contributed by atoms with Gasteiger partial charge in [0.2, 0.25) is 0 Å². The first-order chi connectivity index (χ1) is 13.8. The summed E-state index contributed by atoms with van der Waals surface area (Å²) < 4.78 is 5.84. The van der Waals surface area contributed by atoms with E-state index in [-0.39, 0.29) is 0 Å². The standard InChI is InChI=1S/C24H33N3O/c1-2-17-28-23-9-8-21-7-6-20(18-22(21)19-23)10-12-26-13-15-27(16-14-26)24-5-3-4-11-25-24/h3-5,8-9,11,19-20H,2,6-7,10,12-18H2,1H3. The maximum atomic E-state index is 5.84. The number of pyridine rings is 1. The number of anilines is 1. The summed E-state index contributed by atoms with van der Waals surface area (Å²) in [4.78, 5) is 9.53. The van der Waals surface area contributed by atoms with Crippen molar-refractivity contribution in [2.75, 3.05) is 44.2 Å². The Bertz CT molecular complexity index is 741. The van der Waals surface area contributed by atoms with Gasteiger partial charge in [-0.25, -0.2) is 4.98 Å². The molecule has 1 atom stereocenters. The molecule has 1 aliphatic heterocycles. The molecule has 1 fully saturated rings. The maximum Gasteiger partial charge on any atom is 0.128 e. The van der Waals surface area contributed by atoms with Crippen molar-refractivity contribution in [1.82, 2.24) is 9.88 Å². The van der Waals surface area contributed by atoms with Crippen molar-refractivity contribution in [3.63, 3.8) is 0 Å². The Morgan fingerprint density at radius 2 is 1.96 bits per heavy atom. The van der Waals surface area contributed by atoms with Gasteiger partial charge in [0.25, 0.3) is 0 Å². The second-order valence-corrected chi connectivity index (χ2v) is 8.19. The van der Waals surface area contributed by atoms with Crippen LogP contribution in [-0.2, 0) is 12.8 Å². The zero-order valence-electron chi connectivity index (χ0n) is 17.1. The number of aryl methyl sites for hydroxylation is 1. The largest absolute Gasteiger partial charge is 0.494 e. The molecule has 0 N–H and O–H groups in total. The molecule has 4 nitrogen and oxygen atoms in total. The van der Waals surface area contributed by atoms with E-state index in [0.29, 0.717) is 0 Å². The zero-order valence-corrected chi connectivity index (χ0v) is 17.1. The molecule has 0 radical (unpaired) electrons. The first-order valence-electron chi connectivity index (χ1n) is 10.9. The van der Waals surface area contributed by atoms with E-state index in [0.717, 1.165) is 56.7 Å². The molecule has 0 amide bonds. The fourth-order valence-electron chi connectivity index (χ4n) is 4.47. The van der Waals surface area contributed by atoms with Gasteiger partial charge in [-0.2, -0.15) is 0 Å². The van der Waals surface area contributed by atoms with Crippen molar-refractivity contribution in [2.45, 2.75) is 39.0 Å². The van der Waals surface area contributed by atoms with Crippen molar-refractivity contribution in [2.24, 2.45) is 5.92 Å². The van der Waals surface area contributed by atoms with Crippen molar-refractivity contribution >= 4 is 5.82 Å². The van der Waals surface area contributed by atoms with Crippen LogP contribution in [0.1, 0.15) is 37.3 Å². The predicted molar refractivity (Wildman–Crippen MR) is 115 cm³/mol. The molecule has 1 aromatic carbocycles. The highest BCUT2D eigenvalue weighted by molar-refractivity contribution is 5.38. The molecule has 0 bridgehead atoms. The number of hydrogen-bond donors (Lipinski definition) is 0. The quantitative estimate of drug-likeness (QED) is 0.721. The topological polar surface area (TPSA) is 28.6 Å². The molecule has 1 aliphatic carbocycles. The molecular weight excluding hydrogens is 346 g/mol. The average molecular weight is 380 g/mol. The minimum atomic E-state index is 0.808. The van der Waals surface area contributed by atoms with E-state index in [2.05, 4.69) is 52.0 Å². The first kappa shape index (κ1) is 19.3. The number of fused-ring (bicyclic) bond motifs is 1. The predicted octanol–water partition coefficient (Wildman–Crippen LogP) is 4.19. The third-order valence-electron chi connectivity index (χ3n) is 6.18. The molecule has 1 unspecified atom stereocenters. The second-order valence-electron chi connectivity index (χ2n) is 8.19. The molecule has 0 saturated carbocycles. The monoisotopic (exact) mass is 379 g/mol. The fourth-order valence-corrected chi connectivity index (χ4v) is 4.47. The second kappa shape index (κ2) is 9.42. The third-order valence-corrected chi connectivity index (χ3v) is 6.18. The van der Waals surface area contributed by atoms with Gasteiger partial charge in [0.05, 0.1) is 6.61 Å². The third kappa shape index (κ3) is 4.85. The number of piperazine rings is 1. The summed E-state index contributed by atoms with van der Waals surface area (Å²) >= 11 is 0. The average Bonchev–Trinajstić information content (AvgIpc) is 2.77. The summed E-state index contributed by atoms with van der Waals surface area (Å²) in [6, 6.07) is 12.9. The minimum absolute atomic E-state index is 0.808. The van der Waals surface area contributed by atoms with Gasteiger partial charge >= 0.3 is 0 Å². The van der Waals surface area contributed by atoms with E-state index in [4.69, 9.17) is 4.74 Å². The molecule has 150 valence electrons. The lowest BCUT2D eigenvalue weighted by Crippen LogP contribution is -2.47. The lowest BCUT2D eigenvalue weighted by molar-refractivity contribution is 0.232. The number of benzene rings is 1. The van der Waals surface area contributed by atoms with Crippen molar-refractivity contribution < 1.29 is 4.74 Å². The molecule has 1 saturated heterocycles. The van der Waals surface area contributed by atoms with Crippen molar-refractivity contribution in [1.29, 1.82) is 0 Å². The van der Waals surface area contributed by atoms with Crippen LogP contribution >= 0.6 is 0 Å². The Morgan fingerprint density at radius 1 is 1.07 bits per heavy atom. The number of nitrogens with zero attached hydrogens (tertiary/aromatic N) is 3. The Kier molecular flexibility index (Phi) is 6.48. The number of ether oxygens (including phenoxy) is 1. The lowest BCUT2D eigenvalue weighted by atomic mass is 9.82. The van der Waals surface area contributed by atoms with E-state index < -0.39 is 0 Å². The molecule has 28 heavy (non-hydrogen) atoms. The number of rotatable bonds is 7. The van der Waals surface area contributed by atoms with Gasteiger partial charge in [-0.05, 0) is 80.0 Å². The summed E-state index contributed by atoms with van der Waals surface area (Å²) in [5.74, 6) is 2.97. The molecule has 2 aromatic rings. The highest BCUT2D eigenvalue weighted by atomic mass is 16.5. The SMILES string of the molecule is CCCOc1ccc2c(c1)CC(CCN1CCN(c3ccccn3)CC1)CC2. The zero-order chi connectivity index (χ0) is 19.2. The van der Waals surface area contributed by atoms with Crippen LogP contribution < -0.4 is 9.64 Å². The van der Waals surface area contributed by atoms with Gasteiger partial charge in [-0.3, -0.25) is 4.90 Å². The summed E-state index contributed by atoms with van der Waals surface area (Å²) in [5, 5.41) is 0. The van der Waals surface area contributed by atoms with Gasteiger partial charge in [-0.15, -0.1) is 0 Å². The first-order valence-corrected chi connectivity index (χ1v) is 10.9. The molecule has 0 spiro atoms. The molecule has 4 rings (SSSR count). The van der Waals surface area contributed by atoms with Crippen LogP contribution in [0, 0.1) is 5.92 Å². The Morgan fingerprint density at radius 3 is 2.75 bits per heavy atom. The van der Waals surface area contributed by atoms with Gasteiger partial charge in [-0.1, -0.05) is 19.1 Å². The van der Waals surface area contributed by atoms with Gasteiger partial charge in [0.1, 0.15) is 11.6 Å². The van der Waals surface area contributed by atoms with E-state index in [1.807, 2.05) is 12.3 Å². The van der Waals surface area contributed by atoms with E-state index >= 15 is 0 Å². The van der Waals surface area contributed by atoms with Crippen LogP contribution in [-0.4, -0.2) is 49.2 Å². The highest BCUT2D eigenvalue weighted by Gasteiger charge is 2.22. The summed E-state index contributed by atoms with van der Waals surface area (Å²) in [5.41, 5.74) is 3.05. The molecule has 2 heterocycles. The fraction of sp³-hybridized carbons (Fsp3) is 0.542. The van der Waals surface area contributed by atoms with Crippen molar-refractivity contribution in [3.05, 3.63) is 53.7 Å². The van der Waals surface area contributed by atoms with Crippen LogP contribution in [0.15, 0.2) is 42.6 Å². The molecule has 2 aliphatic rings. The van der Waals surface area contributed by atoms with Gasteiger partial charge < -0.3 is 9.64 Å². The number of aromatic nitrogens is 1. The Balaban J connectivity index is 1.24. The van der Waals surface area contributed by atoms with Crippen LogP contribution in [0.5, 0.6) is 5.75 Å². The summed E-state index contributed by atoms with van der Waals surface area (Å²) in [6.07, 6.45) is 8.03. The Labute approximate surface area is 169 Å². The van der Waals surface area contributed by atoms with Gasteiger partial charge in [0, 0.05) is 32.4 Å². The van der Waals surface area contributed by atoms with Crippen molar-refractivity contribution in [3.8, 4) is 5.75 Å². The Hall–Kier alpha value is -2.07. The van der Waals surface area contributed by atoms with Crippen LogP contribution in [0.3, 0.4) is 0 Å². The van der Waals surface area contributed by atoms with Crippen LogP contribution in [0.2, 0.25) is 0 Å². The molecule has 1 aromatic heterocycles. The lowest BCUT2D eigenvalue weighted by Gasteiger charge is -2.36. The van der Waals surface area contributed by atoms with E-state index in [9.17, 15) is 0 Å². The smallest absolute Gasteiger partial charge is 0.128 e. The molecule has 4 heteroatoms. The summed E-state index contributed by atoms with van der Waals surface area (Å²) in [6.45, 7) is 8.66. The summed E-state index contributed by atoms with van der Waals surface area (Å²) in [7, 11) is 0. The highest BCUT2D eigenvalue weighted by Crippen LogP contribution is 2.30. The van der Waals surface area contributed by atoms with Crippen LogP contribution in [0.25, 0.3) is 0 Å². The van der Waals surface area contributed by atoms with Crippen LogP contribution in [0.4, 0.5) is 5.82 Å². The van der Waals surface area contributed by atoms with E-state index in [1.165, 1.54) is 43.4 Å². The normalized spacial score (nSPS) is 20.0. The van der Waals surface area contributed by atoms with Gasteiger partial charge in [0.15, 0.2) is 0 Å². The maximum absolute atomic E-state index is 5.84.